The molecule has 3 heteroatoms. The maximum Gasteiger partial charge on any atom is 0.0889 e. The van der Waals surface area contributed by atoms with Crippen LogP contribution in [0.15, 0.2) is 36.4 Å². The van der Waals surface area contributed by atoms with E-state index in [4.69, 9.17) is 10.5 Å². The van der Waals surface area contributed by atoms with E-state index in [0.717, 1.165) is 23.0 Å². The number of benzene rings is 1. The number of ether oxygens (including phenoxy) is 1. The fourth-order valence-corrected chi connectivity index (χ4v) is 1.68. The maximum absolute atomic E-state index is 6.03. The molecule has 0 radical (unpaired) electrons. The molecule has 2 aromatic rings. The Kier molecular flexibility index (Phi) is 3.94. The number of rotatable bonds is 5. The van der Waals surface area contributed by atoms with E-state index >= 15 is 0 Å². The number of aromatic nitrogens is 1. The Bertz CT molecular complexity index is 523. The van der Waals surface area contributed by atoms with Crippen LogP contribution in [-0.2, 0) is 11.3 Å². The number of pyridine rings is 1. The minimum Gasteiger partial charge on any atom is -0.373 e. The van der Waals surface area contributed by atoms with Crippen LogP contribution in [0.1, 0.15) is 26.0 Å². The molecule has 0 aliphatic rings. The lowest BCUT2D eigenvalue weighted by Gasteiger charge is -2.22. The third-order valence-electron chi connectivity index (χ3n) is 3.15. The van der Waals surface area contributed by atoms with Gasteiger partial charge in [-0.1, -0.05) is 31.2 Å². The monoisotopic (exact) mass is 244 g/mol. The van der Waals surface area contributed by atoms with Gasteiger partial charge in [0, 0.05) is 10.9 Å². The third-order valence-corrected chi connectivity index (χ3v) is 3.15. The highest BCUT2D eigenvalue weighted by atomic mass is 16.5. The molecule has 0 saturated heterocycles. The fraction of sp³-hybridized carbons (Fsp3) is 0.400. The van der Waals surface area contributed by atoms with Gasteiger partial charge in [0.15, 0.2) is 0 Å². The van der Waals surface area contributed by atoms with Crippen LogP contribution in [0, 0.1) is 0 Å². The summed E-state index contributed by atoms with van der Waals surface area (Å²) in [7, 11) is 0. The summed E-state index contributed by atoms with van der Waals surface area (Å²) >= 11 is 0. The van der Waals surface area contributed by atoms with E-state index in [0.29, 0.717) is 13.2 Å². The number of nitrogens with zero attached hydrogens (tertiary/aromatic N) is 1. The zero-order chi connectivity index (χ0) is 13.0. The van der Waals surface area contributed by atoms with Crippen molar-refractivity contribution in [3.63, 3.8) is 0 Å². The van der Waals surface area contributed by atoms with Crippen LogP contribution in [-0.4, -0.2) is 17.1 Å². The van der Waals surface area contributed by atoms with Crippen LogP contribution < -0.4 is 5.73 Å². The predicted octanol–water partition coefficient (Wildman–Crippen LogP) is 2.88. The highest BCUT2D eigenvalue weighted by Gasteiger charge is 2.15. The summed E-state index contributed by atoms with van der Waals surface area (Å²) in [6.07, 6.45) is 0.901. The molecule has 1 atom stereocenters. The van der Waals surface area contributed by atoms with Crippen LogP contribution in [0.4, 0.5) is 0 Å². The number of hydrogen-bond donors (Lipinski definition) is 1. The molecule has 2 rings (SSSR count). The Morgan fingerprint density at radius 3 is 2.78 bits per heavy atom. The molecule has 1 heterocycles. The summed E-state index contributed by atoms with van der Waals surface area (Å²) in [5.41, 5.74) is 7.72. The zero-order valence-corrected chi connectivity index (χ0v) is 11.0. The van der Waals surface area contributed by atoms with Crippen molar-refractivity contribution < 1.29 is 4.74 Å². The first-order chi connectivity index (χ1) is 8.61. The summed E-state index contributed by atoms with van der Waals surface area (Å²) in [5, 5.41) is 1.15. The minimum atomic E-state index is -0.253. The summed E-state index contributed by atoms with van der Waals surface area (Å²) in [4.78, 5) is 4.55. The van der Waals surface area contributed by atoms with Crippen molar-refractivity contribution in [1.82, 2.24) is 4.98 Å². The van der Waals surface area contributed by atoms with E-state index < -0.39 is 0 Å². The molecule has 1 unspecified atom stereocenters. The van der Waals surface area contributed by atoms with E-state index in [9.17, 15) is 0 Å². The fourth-order valence-electron chi connectivity index (χ4n) is 1.68. The largest absolute Gasteiger partial charge is 0.373 e. The van der Waals surface area contributed by atoms with Gasteiger partial charge in [0.2, 0.25) is 0 Å². The molecule has 2 N–H and O–H groups in total. The molecule has 0 spiro atoms. The first-order valence-corrected chi connectivity index (χ1v) is 6.32. The van der Waals surface area contributed by atoms with Gasteiger partial charge in [-0.3, -0.25) is 4.98 Å². The van der Waals surface area contributed by atoms with Crippen molar-refractivity contribution in [1.29, 1.82) is 0 Å². The Hall–Kier alpha value is -1.45. The van der Waals surface area contributed by atoms with Gasteiger partial charge in [0.05, 0.1) is 24.4 Å². The van der Waals surface area contributed by atoms with Crippen molar-refractivity contribution in [2.45, 2.75) is 32.4 Å². The quantitative estimate of drug-likeness (QED) is 0.879. The second kappa shape index (κ2) is 5.46. The minimum absolute atomic E-state index is 0.253. The van der Waals surface area contributed by atoms with Crippen LogP contribution >= 0.6 is 0 Å². The Labute approximate surface area is 108 Å². The molecule has 0 bridgehead atoms. The molecular weight excluding hydrogens is 224 g/mol. The van der Waals surface area contributed by atoms with Gasteiger partial charge in [0.25, 0.3) is 0 Å². The van der Waals surface area contributed by atoms with E-state index in [2.05, 4.69) is 24.0 Å². The second-order valence-electron chi connectivity index (χ2n) is 5.00. The first kappa shape index (κ1) is 13.0. The molecule has 0 aliphatic heterocycles. The highest BCUT2D eigenvalue weighted by molar-refractivity contribution is 5.78. The van der Waals surface area contributed by atoms with Crippen molar-refractivity contribution >= 4 is 10.9 Å². The molecule has 1 aromatic carbocycles. The summed E-state index contributed by atoms with van der Waals surface area (Å²) in [6.45, 7) is 5.13. The molecule has 18 heavy (non-hydrogen) atoms. The van der Waals surface area contributed by atoms with Crippen LogP contribution in [0.25, 0.3) is 10.9 Å². The van der Waals surface area contributed by atoms with Gasteiger partial charge in [0.1, 0.15) is 0 Å². The standard InChI is InChI=1S/C15H20N2O/c1-3-15(2,16)11-18-10-13-9-8-12-6-4-5-7-14(12)17-13/h4-9H,3,10-11,16H2,1-2H3. The molecule has 3 nitrogen and oxygen atoms in total. The molecule has 96 valence electrons. The third kappa shape index (κ3) is 3.28. The van der Waals surface area contributed by atoms with Gasteiger partial charge < -0.3 is 10.5 Å². The predicted molar refractivity (Wildman–Crippen MR) is 74.3 cm³/mol. The Morgan fingerprint density at radius 1 is 1.22 bits per heavy atom. The summed E-state index contributed by atoms with van der Waals surface area (Å²) in [5.74, 6) is 0. The molecule has 0 aliphatic carbocycles. The van der Waals surface area contributed by atoms with E-state index in [-0.39, 0.29) is 5.54 Å². The average molecular weight is 244 g/mol. The summed E-state index contributed by atoms with van der Waals surface area (Å²) < 4.78 is 5.64. The van der Waals surface area contributed by atoms with Gasteiger partial charge in [-0.2, -0.15) is 0 Å². The van der Waals surface area contributed by atoms with Gasteiger partial charge in [-0.25, -0.2) is 0 Å². The number of nitrogens with two attached hydrogens (primary N) is 1. The lowest BCUT2D eigenvalue weighted by atomic mass is 10.0. The van der Waals surface area contributed by atoms with E-state index in [1.165, 1.54) is 0 Å². The van der Waals surface area contributed by atoms with E-state index in [1.54, 1.807) is 0 Å². The van der Waals surface area contributed by atoms with Crippen molar-refractivity contribution in [2.24, 2.45) is 5.73 Å². The SMILES string of the molecule is CCC(C)(N)COCc1ccc2ccccc2n1. The maximum atomic E-state index is 6.03. The van der Waals surface area contributed by atoms with Crippen LogP contribution in [0.2, 0.25) is 0 Å². The van der Waals surface area contributed by atoms with Crippen molar-refractivity contribution in [2.75, 3.05) is 6.61 Å². The molecule has 0 saturated carbocycles. The number of fused-ring (bicyclic) bond motifs is 1. The lowest BCUT2D eigenvalue weighted by molar-refractivity contribution is 0.0759. The first-order valence-electron chi connectivity index (χ1n) is 6.32. The molecule has 1 aromatic heterocycles. The topological polar surface area (TPSA) is 48.1 Å². The lowest BCUT2D eigenvalue weighted by Crippen LogP contribution is -2.40. The van der Waals surface area contributed by atoms with Crippen LogP contribution in [0.3, 0.4) is 0 Å². The number of hydrogen-bond acceptors (Lipinski definition) is 3. The Morgan fingerprint density at radius 2 is 2.00 bits per heavy atom. The zero-order valence-electron chi connectivity index (χ0n) is 11.0. The molecular formula is C15H20N2O. The molecule has 0 fully saturated rings. The van der Waals surface area contributed by atoms with Gasteiger partial charge in [-0.05, 0) is 25.5 Å². The average Bonchev–Trinajstić information content (AvgIpc) is 2.38. The Balaban J connectivity index is 2.00. The van der Waals surface area contributed by atoms with Gasteiger partial charge >= 0.3 is 0 Å². The van der Waals surface area contributed by atoms with E-state index in [1.807, 2.05) is 31.2 Å². The highest BCUT2D eigenvalue weighted by Crippen LogP contribution is 2.13. The summed E-state index contributed by atoms with van der Waals surface area (Å²) in [6, 6.07) is 12.2. The molecule has 0 amide bonds. The number of para-hydroxylation sites is 1. The van der Waals surface area contributed by atoms with Crippen molar-refractivity contribution in [3.8, 4) is 0 Å². The van der Waals surface area contributed by atoms with Gasteiger partial charge in [-0.15, -0.1) is 0 Å². The normalized spacial score (nSPS) is 14.6. The smallest absolute Gasteiger partial charge is 0.0889 e. The van der Waals surface area contributed by atoms with Crippen LogP contribution in [0.5, 0.6) is 0 Å². The van der Waals surface area contributed by atoms with Crippen molar-refractivity contribution in [3.05, 3.63) is 42.1 Å². The second-order valence-corrected chi connectivity index (χ2v) is 5.00.